The van der Waals surface area contributed by atoms with Crippen LogP contribution in [0.15, 0.2) is 33.8 Å². The summed E-state index contributed by atoms with van der Waals surface area (Å²) in [4.78, 5) is 11.5. The summed E-state index contributed by atoms with van der Waals surface area (Å²) >= 11 is 1.86. The fourth-order valence-corrected chi connectivity index (χ4v) is 3.01. The van der Waals surface area contributed by atoms with Crippen molar-refractivity contribution in [3.63, 3.8) is 0 Å². The van der Waals surface area contributed by atoms with E-state index in [2.05, 4.69) is 6.92 Å². The van der Waals surface area contributed by atoms with E-state index in [9.17, 15) is 4.79 Å². The highest BCUT2D eigenvalue weighted by Crippen LogP contribution is 2.32. The lowest BCUT2D eigenvalue weighted by Gasteiger charge is -2.13. The minimum atomic E-state index is 0.532. The molecule has 0 radical (unpaired) electrons. The molecular formula is C15H22O2S. The fourth-order valence-electron chi connectivity index (χ4n) is 1.81. The van der Waals surface area contributed by atoms with Gasteiger partial charge >= 0.3 is 0 Å². The highest BCUT2D eigenvalue weighted by atomic mass is 32.2. The summed E-state index contributed by atoms with van der Waals surface area (Å²) in [6, 6.07) is 2.02. The van der Waals surface area contributed by atoms with Gasteiger partial charge in [-0.15, -0.1) is 11.8 Å². The molecule has 0 aliphatic carbocycles. The van der Waals surface area contributed by atoms with Crippen LogP contribution in [0, 0.1) is 6.92 Å². The van der Waals surface area contributed by atoms with E-state index in [-0.39, 0.29) is 0 Å². The van der Waals surface area contributed by atoms with E-state index in [1.807, 2.05) is 30.8 Å². The molecule has 0 N–H and O–H groups in total. The first-order chi connectivity index (χ1) is 8.77. The highest BCUT2D eigenvalue weighted by Gasteiger charge is 2.11. The zero-order valence-electron chi connectivity index (χ0n) is 11.2. The van der Waals surface area contributed by atoms with Crippen LogP contribution < -0.4 is 0 Å². The van der Waals surface area contributed by atoms with E-state index in [0.29, 0.717) is 5.25 Å². The Hall–Kier alpha value is -0.960. The molecule has 1 aromatic rings. The van der Waals surface area contributed by atoms with E-state index in [1.54, 1.807) is 12.3 Å². The molecule has 1 unspecified atom stereocenters. The van der Waals surface area contributed by atoms with Gasteiger partial charge in [0.1, 0.15) is 12.0 Å². The van der Waals surface area contributed by atoms with E-state index < -0.39 is 0 Å². The maximum atomic E-state index is 10.3. The minimum Gasteiger partial charge on any atom is -0.468 e. The van der Waals surface area contributed by atoms with Crippen LogP contribution in [0.2, 0.25) is 0 Å². The average Bonchev–Trinajstić information content (AvgIpc) is 2.75. The van der Waals surface area contributed by atoms with E-state index in [0.717, 1.165) is 18.5 Å². The smallest absolute Gasteiger partial charge is 0.142 e. The quantitative estimate of drug-likeness (QED) is 0.279. The van der Waals surface area contributed by atoms with Gasteiger partial charge in [-0.2, -0.15) is 0 Å². The Morgan fingerprint density at radius 2 is 2.28 bits per heavy atom. The van der Waals surface area contributed by atoms with Crippen LogP contribution in [0.25, 0.3) is 0 Å². The van der Waals surface area contributed by atoms with Crippen molar-refractivity contribution in [1.82, 2.24) is 0 Å². The number of thioether (sulfide) groups is 1. The third-order valence-corrected chi connectivity index (χ3v) is 4.29. The van der Waals surface area contributed by atoms with Gasteiger partial charge < -0.3 is 4.42 Å². The van der Waals surface area contributed by atoms with E-state index >= 15 is 0 Å². The largest absolute Gasteiger partial charge is 0.468 e. The molecule has 0 aliphatic rings. The van der Waals surface area contributed by atoms with Crippen LogP contribution in [0.3, 0.4) is 0 Å². The van der Waals surface area contributed by atoms with Gasteiger partial charge in [0, 0.05) is 10.1 Å². The van der Waals surface area contributed by atoms with Crippen molar-refractivity contribution in [3.05, 3.63) is 30.2 Å². The molecule has 0 spiro atoms. The van der Waals surface area contributed by atoms with Crippen molar-refractivity contribution in [3.8, 4) is 0 Å². The zero-order valence-corrected chi connectivity index (χ0v) is 12.0. The molecule has 3 heteroatoms. The standard InChI is InChI=1S/C15H22O2S/c1-3-4-5-8-14(9-6-7-11-16)18-15-10-12-17-13(15)2/h6-7,10-12,14H,3-5,8-9H2,1-2H3. The van der Waals surface area contributed by atoms with E-state index in [4.69, 9.17) is 4.42 Å². The molecule has 0 saturated heterocycles. The maximum Gasteiger partial charge on any atom is 0.142 e. The monoisotopic (exact) mass is 266 g/mol. The Morgan fingerprint density at radius 3 is 2.89 bits per heavy atom. The van der Waals surface area contributed by atoms with Crippen LogP contribution in [-0.4, -0.2) is 11.5 Å². The van der Waals surface area contributed by atoms with Gasteiger partial charge in [0.25, 0.3) is 0 Å². The van der Waals surface area contributed by atoms with E-state index in [1.165, 1.54) is 30.6 Å². The summed E-state index contributed by atoms with van der Waals surface area (Å²) < 4.78 is 5.32. The van der Waals surface area contributed by atoms with Gasteiger partial charge in [0.2, 0.25) is 0 Å². The molecule has 1 atom stereocenters. The second kappa shape index (κ2) is 9.03. The fraction of sp³-hybridized carbons (Fsp3) is 0.533. The summed E-state index contributed by atoms with van der Waals surface area (Å²) in [7, 11) is 0. The molecule has 0 fully saturated rings. The number of unbranched alkanes of at least 4 members (excludes halogenated alkanes) is 2. The van der Waals surface area contributed by atoms with Gasteiger partial charge in [0.15, 0.2) is 0 Å². The molecule has 1 heterocycles. The normalized spacial score (nSPS) is 13.0. The average molecular weight is 266 g/mol. The van der Waals surface area contributed by atoms with Crippen LogP contribution in [0.1, 0.15) is 44.8 Å². The van der Waals surface area contributed by atoms with Crippen molar-refractivity contribution in [2.24, 2.45) is 0 Å². The highest BCUT2D eigenvalue weighted by molar-refractivity contribution is 8.00. The first-order valence-corrected chi connectivity index (χ1v) is 7.47. The summed E-state index contributed by atoms with van der Waals surface area (Å²) in [5, 5.41) is 0.532. The van der Waals surface area contributed by atoms with Gasteiger partial charge in [0.05, 0.1) is 6.26 Å². The molecule has 1 rings (SSSR count). The van der Waals surface area contributed by atoms with Crippen molar-refractivity contribution >= 4 is 18.0 Å². The molecule has 0 amide bonds. The zero-order chi connectivity index (χ0) is 13.2. The van der Waals surface area contributed by atoms with Crippen LogP contribution in [-0.2, 0) is 4.79 Å². The Labute approximate surface area is 114 Å². The molecule has 18 heavy (non-hydrogen) atoms. The van der Waals surface area contributed by atoms with Crippen molar-refractivity contribution in [1.29, 1.82) is 0 Å². The molecule has 0 aromatic carbocycles. The number of furan rings is 1. The SMILES string of the molecule is CCCCCC(CC=CC=O)Sc1ccoc1C. The molecular weight excluding hydrogens is 244 g/mol. The number of carbonyl (C=O) groups is 1. The lowest BCUT2D eigenvalue weighted by molar-refractivity contribution is -0.104. The number of aryl methyl sites for hydroxylation is 1. The summed E-state index contributed by atoms with van der Waals surface area (Å²) in [6.07, 6.45) is 12.0. The lowest BCUT2D eigenvalue weighted by Crippen LogP contribution is -2.01. The summed E-state index contributed by atoms with van der Waals surface area (Å²) in [6.45, 7) is 4.21. The predicted octanol–water partition coefficient (Wildman–Crippen LogP) is 4.77. The number of rotatable bonds is 9. The Bertz CT molecular complexity index is 368. The van der Waals surface area contributed by atoms with Gasteiger partial charge in [-0.05, 0) is 31.9 Å². The Morgan fingerprint density at radius 1 is 1.44 bits per heavy atom. The first-order valence-electron chi connectivity index (χ1n) is 6.59. The third kappa shape index (κ3) is 5.58. The number of hydrogen-bond acceptors (Lipinski definition) is 3. The molecule has 100 valence electrons. The Kier molecular flexibility index (Phi) is 7.58. The topological polar surface area (TPSA) is 30.2 Å². The van der Waals surface area contributed by atoms with Gasteiger partial charge in [-0.25, -0.2) is 0 Å². The third-order valence-electron chi connectivity index (χ3n) is 2.85. The first kappa shape index (κ1) is 15.1. The van der Waals surface area contributed by atoms with Crippen molar-refractivity contribution in [2.45, 2.75) is 56.1 Å². The van der Waals surface area contributed by atoms with Crippen LogP contribution >= 0.6 is 11.8 Å². The van der Waals surface area contributed by atoms with Gasteiger partial charge in [-0.3, -0.25) is 4.79 Å². The second-order valence-corrected chi connectivity index (χ2v) is 5.72. The minimum absolute atomic E-state index is 0.532. The van der Waals surface area contributed by atoms with Crippen molar-refractivity contribution in [2.75, 3.05) is 0 Å². The number of allylic oxidation sites excluding steroid dienone is 2. The van der Waals surface area contributed by atoms with Crippen LogP contribution in [0.4, 0.5) is 0 Å². The summed E-state index contributed by atoms with van der Waals surface area (Å²) in [5.41, 5.74) is 0. The Balaban J connectivity index is 2.50. The maximum absolute atomic E-state index is 10.3. The molecule has 2 nitrogen and oxygen atoms in total. The van der Waals surface area contributed by atoms with Crippen molar-refractivity contribution < 1.29 is 9.21 Å². The molecule has 1 aromatic heterocycles. The number of hydrogen-bond donors (Lipinski definition) is 0. The second-order valence-electron chi connectivity index (χ2n) is 4.38. The van der Waals surface area contributed by atoms with Gasteiger partial charge in [-0.1, -0.05) is 32.3 Å². The lowest BCUT2D eigenvalue weighted by atomic mass is 10.1. The molecule has 0 aliphatic heterocycles. The predicted molar refractivity (Wildman–Crippen MR) is 77.1 cm³/mol. The van der Waals surface area contributed by atoms with Crippen LogP contribution in [0.5, 0.6) is 0 Å². The molecule has 0 bridgehead atoms. The number of carbonyl (C=O) groups excluding carboxylic acids is 1. The summed E-state index contributed by atoms with van der Waals surface area (Å²) in [5.74, 6) is 0.986. The molecule has 0 saturated carbocycles. The number of aldehydes is 1.